The summed E-state index contributed by atoms with van der Waals surface area (Å²) < 4.78 is 0. The van der Waals surface area contributed by atoms with Crippen molar-refractivity contribution in [3.63, 3.8) is 0 Å². The Bertz CT molecular complexity index is 559. The lowest BCUT2D eigenvalue weighted by Crippen LogP contribution is -2.38. The van der Waals surface area contributed by atoms with Crippen molar-refractivity contribution in [2.75, 3.05) is 6.54 Å². The zero-order chi connectivity index (χ0) is 16.5. The molecular formula is C20H28IN3. The third-order valence-corrected chi connectivity index (χ3v) is 4.11. The van der Waals surface area contributed by atoms with E-state index in [-0.39, 0.29) is 24.0 Å². The van der Waals surface area contributed by atoms with Gasteiger partial charge in [-0.15, -0.1) is 24.0 Å². The van der Waals surface area contributed by atoms with Crippen molar-refractivity contribution in [2.45, 2.75) is 38.6 Å². The van der Waals surface area contributed by atoms with Crippen molar-refractivity contribution >= 4 is 29.9 Å². The van der Waals surface area contributed by atoms with Crippen molar-refractivity contribution in [3.8, 4) is 0 Å². The minimum absolute atomic E-state index is 0. The summed E-state index contributed by atoms with van der Waals surface area (Å²) in [7, 11) is 0. The Hall–Kier alpha value is -1.56. The fourth-order valence-electron chi connectivity index (χ4n) is 2.61. The third kappa shape index (κ3) is 6.51. The molecule has 24 heavy (non-hydrogen) atoms. The van der Waals surface area contributed by atoms with Gasteiger partial charge >= 0.3 is 0 Å². The Morgan fingerprint density at radius 3 is 1.96 bits per heavy atom. The maximum atomic E-state index is 5.95. The molecule has 130 valence electrons. The van der Waals surface area contributed by atoms with Gasteiger partial charge in [0.25, 0.3) is 0 Å². The van der Waals surface area contributed by atoms with Gasteiger partial charge in [0, 0.05) is 18.5 Å². The molecule has 2 aromatic carbocycles. The zero-order valence-electron chi connectivity index (χ0n) is 14.5. The number of hydrogen-bond donors (Lipinski definition) is 2. The summed E-state index contributed by atoms with van der Waals surface area (Å²) in [5.74, 6) is 0.886. The number of aliphatic imine (C=N–C) groups is 1. The largest absolute Gasteiger partial charge is 0.370 e. The highest BCUT2D eigenvalue weighted by Gasteiger charge is 2.13. The maximum Gasteiger partial charge on any atom is 0.188 e. The van der Waals surface area contributed by atoms with Gasteiger partial charge in [0.2, 0.25) is 0 Å². The first-order valence-corrected chi connectivity index (χ1v) is 8.37. The van der Waals surface area contributed by atoms with Crippen LogP contribution in [0.5, 0.6) is 0 Å². The predicted molar refractivity (Wildman–Crippen MR) is 114 cm³/mol. The first-order valence-electron chi connectivity index (χ1n) is 8.37. The van der Waals surface area contributed by atoms with Crippen LogP contribution in [-0.4, -0.2) is 18.5 Å². The van der Waals surface area contributed by atoms with Crippen LogP contribution in [0.15, 0.2) is 65.7 Å². The molecule has 2 rings (SSSR count). The second-order valence-corrected chi connectivity index (χ2v) is 5.88. The molecule has 3 nitrogen and oxygen atoms in total. The lowest BCUT2D eigenvalue weighted by atomic mass is 9.89. The highest BCUT2D eigenvalue weighted by Crippen LogP contribution is 2.27. The van der Waals surface area contributed by atoms with E-state index in [1.807, 2.05) is 0 Å². The van der Waals surface area contributed by atoms with Gasteiger partial charge in [-0.05, 0) is 30.9 Å². The van der Waals surface area contributed by atoms with E-state index in [9.17, 15) is 0 Å². The van der Waals surface area contributed by atoms with Gasteiger partial charge in [0.05, 0.1) is 0 Å². The van der Waals surface area contributed by atoms with Gasteiger partial charge in [0.15, 0.2) is 5.96 Å². The van der Waals surface area contributed by atoms with Crippen molar-refractivity contribution in [2.24, 2.45) is 10.7 Å². The molecule has 2 aromatic rings. The predicted octanol–water partition coefficient (Wildman–Crippen LogP) is 4.53. The van der Waals surface area contributed by atoms with Gasteiger partial charge in [-0.3, -0.25) is 4.99 Å². The first-order chi connectivity index (χ1) is 11.2. The first kappa shape index (κ1) is 20.5. The molecule has 0 aromatic heterocycles. The van der Waals surface area contributed by atoms with E-state index in [2.05, 4.69) is 84.8 Å². The van der Waals surface area contributed by atoms with Crippen LogP contribution in [0.4, 0.5) is 0 Å². The van der Waals surface area contributed by atoms with Gasteiger partial charge in [-0.1, -0.05) is 67.6 Å². The monoisotopic (exact) mass is 437 g/mol. The quantitative estimate of drug-likeness (QED) is 0.380. The lowest BCUT2D eigenvalue weighted by molar-refractivity contribution is 0.634. The van der Waals surface area contributed by atoms with E-state index >= 15 is 0 Å². The third-order valence-electron chi connectivity index (χ3n) is 4.11. The SMILES string of the molecule is CCC(C)NC(N)=NCCC(c1ccccc1)c1ccccc1.I. The summed E-state index contributed by atoms with van der Waals surface area (Å²) in [5.41, 5.74) is 8.60. The number of hydrogen-bond acceptors (Lipinski definition) is 1. The number of halogens is 1. The highest BCUT2D eigenvalue weighted by atomic mass is 127. The zero-order valence-corrected chi connectivity index (χ0v) is 16.8. The number of rotatable bonds is 7. The van der Waals surface area contributed by atoms with Gasteiger partial charge in [-0.25, -0.2) is 0 Å². The van der Waals surface area contributed by atoms with Gasteiger partial charge in [-0.2, -0.15) is 0 Å². The van der Waals surface area contributed by atoms with Crippen LogP contribution in [-0.2, 0) is 0 Å². The molecule has 0 spiro atoms. The van der Waals surface area contributed by atoms with Crippen molar-refractivity contribution < 1.29 is 0 Å². The molecule has 0 aliphatic heterocycles. The summed E-state index contributed by atoms with van der Waals surface area (Å²) in [6.07, 6.45) is 1.98. The number of benzene rings is 2. The normalized spacial score (nSPS) is 12.5. The van der Waals surface area contributed by atoms with E-state index in [0.717, 1.165) is 12.8 Å². The molecule has 0 heterocycles. The molecular weight excluding hydrogens is 409 g/mol. The van der Waals surface area contributed by atoms with Crippen LogP contribution in [0.25, 0.3) is 0 Å². The topological polar surface area (TPSA) is 50.4 Å². The van der Waals surface area contributed by atoms with E-state index < -0.39 is 0 Å². The molecule has 0 bridgehead atoms. The van der Waals surface area contributed by atoms with Crippen LogP contribution in [0.3, 0.4) is 0 Å². The second kappa shape index (κ2) is 11.1. The number of guanidine groups is 1. The standard InChI is InChI=1S/C20H27N3.HI/c1-3-16(2)23-20(21)22-15-14-19(17-10-6-4-7-11-17)18-12-8-5-9-13-18;/h4-13,16,19H,3,14-15H2,1-2H3,(H3,21,22,23);1H. The molecule has 0 saturated heterocycles. The van der Waals surface area contributed by atoms with Gasteiger partial charge in [0.1, 0.15) is 0 Å². The van der Waals surface area contributed by atoms with Crippen LogP contribution in [0.2, 0.25) is 0 Å². The molecule has 0 amide bonds. The molecule has 3 N–H and O–H groups in total. The average Bonchev–Trinajstić information content (AvgIpc) is 2.60. The fraction of sp³-hybridized carbons (Fsp3) is 0.350. The minimum atomic E-state index is 0. The minimum Gasteiger partial charge on any atom is -0.370 e. The van der Waals surface area contributed by atoms with Crippen molar-refractivity contribution in [3.05, 3.63) is 71.8 Å². The Morgan fingerprint density at radius 1 is 1.00 bits per heavy atom. The number of nitrogens with zero attached hydrogens (tertiary/aromatic N) is 1. The van der Waals surface area contributed by atoms with Crippen LogP contribution < -0.4 is 11.1 Å². The number of nitrogens with two attached hydrogens (primary N) is 1. The van der Waals surface area contributed by atoms with Crippen LogP contribution >= 0.6 is 24.0 Å². The molecule has 4 heteroatoms. The molecule has 0 fully saturated rings. The van der Waals surface area contributed by atoms with E-state index in [1.165, 1.54) is 11.1 Å². The average molecular weight is 437 g/mol. The summed E-state index contributed by atoms with van der Waals surface area (Å²) in [4.78, 5) is 4.49. The van der Waals surface area contributed by atoms with E-state index in [0.29, 0.717) is 24.5 Å². The Kier molecular flexibility index (Phi) is 9.45. The van der Waals surface area contributed by atoms with Gasteiger partial charge < -0.3 is 11.1 Å². The Balaban J connectivity index is 0.00000288. The molecule has 0 radical (unpaired) electrons. The molecule has 0 aliphatic carbocycles. The smallest absolute Gasteiger partial charge is 0.188 e. The van der Waals surface area contributed by atoms with Crippen LogP contribution in [0, 0.1) is 0 Å². The summed E-state index contributed by atoms with van der Waals surface area (Å²) in [6, 6.07) is 21.6. The Labute approximate surface area is 162 Å². The molecule has 1 unspecified atom stereocenters. The summed E-state index contributed by atoms with van der Waals surface area (Å²) in [6.45, 7) is 4.95. The number of nitrogens with one attached hydrogen (secondary N) is 1. The Morgan fingerprint density at radius 2 is 1.50 bits per heavy atom. The van der Waals surface area contributed by atoms with Crippen molar-refractivity contribution in [1.29, 1.82) is 0 Å². The van der Waals surface area contributed by atoms with Crippen LogP contribution in [0.1, 0.15) is 43.7 Å². The fourth-order valence-corrected chi connectivity index (χ4v) is 2.61. The second-order valence-electron chi connectivity index (χ2n) is 5.88. The molecule has 1 atom stereocenters. The lowest BCUT2D eigenvalue weighted by Gasteiger charge is -2.17. The maximum absolute atomic E-state index is 5.95. The van der Waals surface area contributed by atoms with E-state index in [1.54, 1.807) is 0 Å². The highest BCUT2D eigenvalue weighted by molar-refractivity contribution is 14.0. The molecule has 0 saturated carbocycles. The summed E-state index contributed by atoms with van der Waals surface area (Å²) in [5, 5.41) is 3.21. The molecule has 0 aliphatic rings. The van der Waals surface area contributed by atoms with E-state index in [4.69, 9.17) is 5.73 Å². The van der Waals surface area contributed by atoms with Crippen molar-refractivity contribution in [1.82, 2.24) is 5.32 Å². The summed E-state index contributed by atoms with van der Waals surface area (Å²) >= 11 is 0.